The second-order valence-corrected chi connectivity index (χ2v) is 8.74. The van der Waals surface area contributed by atoms with Crippen LogP contribution in [0.4, 0.5) is 13.2 Å². The number of carbonyl (C=O) groups is 1. The molecule has 222 valence electrons. The highest BCUT2D eigenvalue weighted by atomic mass is 19.4. The first-order valence-electron chi connectivity index (χ1n) is 12.7. The fourth-order valence-electron chi connectivity index (χ4n) is 3.96. The number of rotatable bonds is 12. The predicted molar refractivity (Wildman–Crippen MR) is 152 cm³/mol. The van der Waals surface area contributed by atoms with E-state index in [4.69, 9.17) is 29.8 Å². The standard InChI is InChI=1S/C31H31F3N2O6/c1-5-41-36-28(20(2)29(42-35)26-9-7-6-8-25(26)27(19-38-3)30(37)39-4)22-12-16-24(17-13-22)40-18-21-10-14-23(15-11-21)31(32,33)34/h6-17,19H,5,18,35H2,1-4H3. The van der Waals surface area contributed by atoms with Gasteiger partial charge in [0.2, 0.25) is 0 Å². The summed E-state index contributed by atoms with van der Waals surface area (Å²) in [5.41, 5.74) is 2.48. The van der Waals surface area contributed by atoms with E-state index in [-0.39, 0.29) is 17.9 Å². The Balaban J connectivity index is 1.94. The molecule has 0 saturated carbocycles. The number of nitrogens with zero attached hydrogens (tertiary/aromatic N) is 1. The molecule has 0 aliphatic heterocycles. The molecule has 8 nitrogen and oxygen atoms in total. The number of esters is 1. The molecule has 0 saturated heterocycles. The van der Waals surface area contributed by atoms with Crippen molar-refractivity contribution in [3.05, 3.63) is 112 Å². The number of benzene rings is 3. The van der Waals surface area contributed by atoms with Gasteiger partial charge in [0.25, 0.3) is 0 Å². The second kappa shape index (κ2) is 14.7. The molecule has 0 fully saturated rings. The third-order valence-electron chi connectivity index (χ3n) is 6.02. The van der Waals surface area contributed by atoms with Gasteiger partial charge in [-0.15, -0.1) is 0 Å². The maximum atomic E-state index is 12.8. The van der Waals surface area contributed by atoms with Crippen molar-refractivity contribution in [1.29, 1.82) is 0 Å². The van der Waals surface area contributed by atoms with E-state index in [9.17, 15) is 18.0 Å². The molecule has 3 aromatic rings. The Hall–Kier alpha value is -4.77. The molecule has 0 amide bonds. The van der Waals surface area contributed by atoms with E-state index in [0.717, 1.165) is 12.1 Å². The highest BCUT2D eigenvalue weighted by molar-refractivity contribution is 6.19. The van der Waals surface area contributed by atoms with Crippen LogP contribution in [-0.2, 0) is 36.7 Å². The van der Waals surface area contributed by atoms with E-state index in [1.807, 2.05) is 0 Å². The van der Waals surface area contributed by atoms with Crippen molar-refractivity contribution < 1.29 is 41.9 Å². The zero-order valence-electron chi connectivity index (χ0n) is 23.5. The molecule has 0 unspecified atom stereocenters. The SMILES string of the molecule is CCON=C(C(C)=C(ON)c1ccccc1C(=COC)C(=O)OC)c1ccc(OCc2ccc(C(F)(F)F)cc2)cc1. The predicted octanol–water partition coefficient (Wildman–Crippen LogP) is 6.51. The first-order valence-corrected chi connectivity index (χ1v) is 12.7. The van der Waals surface area contributed by atoms with Gasteiger partial charge in [0.05, 0.1) is 26.0 Å². The number of alkyl halides is 3. The molecular formula is C31H31F3N2O6. The molecule has 3 aromatic carbocycles. The van der Waals surface area contributed by atoms with Gasteiger partial charge in [-0.05, 0) is 55.8 Å². The van der Waals surface area contributed by atoms with Gasteiger partial charge in [0, 0.05) is 22.3 Å². The molecule has 0 aromatic heterocycles. The third-order valence-corrected chi connectivity index (χ3v) is 6.02. The fraction of sp³-hybridized carbons (Fsp3) is 0.226. The van der Waals surface area contributed by atoms with Crippen molar-refractivity contribution in [2.75, 3.05) is 20.8 Å². The molecule has 42 heavy (non-hydrogen) atoms. The van der Waals surface area contributed by atoms with Crippen LogP contribution in [0, 0.1) is 0 Å². The van der Waals surface area contributed by atoms with E-state index in [1.54, 1.807) is 62.4 Å². The summed E-state index contributed by atoms with van der Waals surface area (Å²) in [7, 11) is 2.68. The molecular weight excluding hydrogens is 553 g/mol. The van der Waals surface area contributed by atoms with Gasteiger partial charge in [-0.2, -0.15) is 19.1 Å². The Kier molecular flexibility index (Phi) is 11.1. The van der Waals surface area contributed by atoms with Crippen molar-refractivity contribution in [1.82, 2.24) is 0 Å². The molecule has 0 bridgehead atoms. The smallest absolute Gasteiger partial charge is 0.416 e. The number of halogens is 3. The zero-order chi connectivity index (χ0) is 30.7. The summed E-state index contributed by atoms with van der Waals surface area (Å²) in [6.45, 7) is 3.90. The van der Waals surface area contributed by atoms with E-state index in [1.165, 1.54) is 32.6 Å². The summed E-state index contributed by atoms with van der Waals surface area (Å²) < 4.78 is 54.2. The Bertz CT molecular complexity index is 1450. The second-order valence-electron chi connectivity index (χ2n) is 8.74. The lowest BCUT2D eigenvalue weighted by molar-refractivity contribution is -0.137. The largest absolute Gasteiger partial charge is 0.503 e. The van der Waals surface area contributed by atoms with E-state index in [0.29, 0.717) is 45.9 Å². The van der Waals surface area contributed by atoms with Crippen LogP contribution < -0.4 is 10.6 Å². The van der Waals surface area contributed by atoms with Gasteiger partial charge >= 0.3 is 12.1 Å². The van der Waals surface area contributed by atoms with Crippen LogP contribution in [0.25, 0.3) is 11.3 Å². The molecule has 3 rings (SSSR count). The molecule has 0 aliphatic carbocycles. The van der Waals surface area contributed by atoms with Crippen LogP contribution in [0.15, 0.2) is 89.8 Å². The van der Waals surface area contributed by atoms with E-state index >= 15 is 0 Å². The minimum Gasteiger partial charge on any atom is -0.503 e. The Morgan fingerprint density at radius 3 is 2.14 bits per heavy atom. The normalized spacial score (nSPS) is 12.8. The molecule has 2 N–H and O–H groups in total. The molecule has 0 heterocycles. The number of carbonyl (C=O) groups excluding carboxylic acids is 1. The van der Waals surface area contributed by atoms with Gasteiger partial charge in [-0.25, -0.2) is 4.79 Å². The van der Waals surface area contributed by atoms with E-state index < -0.39 is 17.7 Å². The quantitative estimate of drug-likeness (QED) is 0.0852. The molecule has 11 heteroatoms. The Labute approximate surface area is 241 Å². The van der Waals surface area contributed by atoms with Gasteiger partial charge < -0.3 is 23.9 Å². The lowest BCUT2D eigenvalue weighted by atomic mass is 9.94. The van der Waals surface area contributed by atoms with Crippen molar-refractivity contribution in [2.45, 2.75) is 26.6 Å². The average Bonchev–Trinajstić information content (AvgIpc) is 2.99. The van der Waals surface area contributed by atoms with Crippen LogP contribution in [0.2, 0.25) is 0 Å². The Morgan fingerprint density at radius 2 is 1.60 bits per heavy atom. The maximum absolute atomic E-state index is 12.8. The highest BCUT2D eigenvalue weighted by Gasteiger charge is 2.30. The van der Waals surface area contributed by atoms with Crippen LogP contribution in [-0.4, -0.2) is 32.5 Å². The summed E-state index contributed by atoms with van der Waals surface area (Å²) >= 11 is 0. The van der Waals surface area contributed by atoms with Gasteiger partial charge in [0.15, 0.2) is 5.76 Å². The molecule has 0 spiro atoms. The van der Waals surface area contributed by atoms with Crippen molar-refractivity contribution in [3.8, 4) is 5.75 Å². The van der Waals surface area contributed by atoms with Crippen LogP contribution >= 0.6 is 0 Å². The minimum atomic E-state index is -4.40. The zero-order valence-corrected chi connectivity index (χ0v) is 23.5. The fourth-order valence-corrected chi connectivity index (χ4v) is 3.96. The van der Waals surface area contributed by atoms with Crippen LogP contribution in [0.1, 0.15) is 41.7 Å². The first kappa shape index (κ1) is 31.8. The lowest BCUT2D eigenvalue weighted by Gasteiger charge is -2.17. The monoisotopic (exact) mass is 584 g/mol. The van der Waals surface area contributed by atoms with Gasteiger partial charge in [-0.3, -0.25) is 0 Å². The van der Waals surface area contributed by atoms with Crippen molar-refractivity contribution in [2.24, 2.45) is 11.1 Å². The number of ether oxygens (including phenoxy) is 3. The number of hydrogen-bond donors (Lipinski definition) is 1. The summed E-state index contributed by atoms with van der Waals surface area (Å²) in [5.74, 6) is 5.84. The van der Waals surface area contributed by atoms with Gasteiger partial charge in [-0.1, -0.05) is 41.6 Å². The topological polar surface area (TPSA) is 102 Å². The molecule has 0 atom stereocenters. The summed E-state index contributed by atoms with van der Waals surface area (Å²) in [5, 5.41) is 4.28. The lowest BCUT2D eigenvalue weighted by Crippen LogP contribution is -2.13. The minimum absolute atomic E-state index is 0.0791. The summed E-state index contributed by atoms with van der Waals surface area (Å²) in [6, 6.07) is 18.6. The third kappa shape index (κ3) is 7.91. The highest BCUT2D eigenvalue weighted by Crippen LogP contribution is 2.31. The summed E-state index contributed by atoms with van der Waals surface area (Å²) in [6.07, 6.45) is -3.13. The number of methoxy groups -OCH3 is 2. The maximum Gasteiger partial charge on any atom is 0.416 e. The van der Waals surface area contributed by atoms with Crippen LogP contribution in [0.3, 0.4) is 0 Å². The van der Waals surface area contributed by atoms with Crippen molar-refractivity contribution >= 4 is 23.0 Å². The first-order chi connectivity index (χ1) is 20.1. The average molecular weight is 585 g/mol. The summed E-state index contributed by atoms with van der Waals surface area (Å²) in [4.78, 5) is 23.2. The number of allylic oxidation sites excluding steroid dienone is 1. The molecule has 0 radical (unpaired) electrons. The van der Waals surface area contributed by atoms with Crippen molar-refractivity contribution in [3.63, 3.8) is 0 Å². The Morgan fingerprint density at radius 1 is 0.952 bits per heavy atom. The number of oxime groups is 1. The van der Waals surface area contributed by atoms with Gasteiger partial charge in [0.1, 0.15) is 30.2 Å². The van der Waals surface area contributed by atoms with Crippen LogP contribution in [0.5, 0.6) is 5.75 Å². The van der Waals surface area contributed by atoms with E-state index in [2.05, 4.69) is 5.16 Å². The molecule has 0 aliphatic rings. The number of nitrogens with two attached hydrogens (primary N) is 1. The number of hydrogen-bond acceptors (Lipinski definition) is 8.